The molecule has 0 spiro atoms. The number of methoxy groups -OCH3 is 1. The van der Waals surface area contributed by atoms with Crippen LogP contribution in [0.3, 0.4) is 0 Å². The van der Waals surface area contributed by atoms with Gasteiger partial charge in [0, 0.05) is 18.1 Å². The quantitative estimate of drug-likeness (QED) is 0.201. The Hall–Kier alpha value is 0.310. The zero-order valence-electron chi connectivity index (χ0n) is 10.6. The number of carbonyl (C=O) groups excluding carboxylic acids is 1. The Bertz CT molecular complexity index is 422. The predicted octanol–water partition coefficient (Wildman–Crippen LogP) is 1.20. The standard InChI is InChI=1S/C9H19O6PS3/c1-15-9(10)3-7-19(13,14)8-5-16(11,12)4-2-6-18-17/h17H,2-8H2,1H3,(H,11,12). The van der Waals surface area contributed by atoms with Gasteiger partial charge >= 0.3 is 5.97 Å². The van der Waals surface area contributed by atoms with Gasteiger partial charge in [0.15, 0.2) is 9.84 Å². The van der Waals surface area contributed by atoms with E-state index in [4.69, 9.17) is 0 Å². The molecule has 0 heterocycles. The minimum Gasteiger partial charge on any atom is -0.469 e. The monoisotopic (exact) mass is 350 g/mol. The first kappa shape index (κ1) is 19.3. The lowest BCUT2D eigenvalue weighted by molar-refractivity contribution is -0.140. The average molecular weight is 350 g/mol. The molecule has 0 bridgehead atoms. The lowest BCUT2D eigenvalue weighted by atomic mass is 10.5. The van der Waals surface area contributed by atoms with Crippen molar-refractivity contribution in [3.63, 3.8) is 0 Å². The third-order valence-electron chi connectivity index (χ3n) is 2.34. The highest BCUT2D eigenvalue weighted by Gasteiger charge is 2.22. The van der Waals surface area contributed by atoms with Crippen LogP contribution < -0.4 is 0 Å². The second-order valence-corrected chi connectivity index (χ2v) is 10.3. The van der Waals surface area contributed by atoms with Crippen molar-refractivity contribution in [3.8, 4) is 0 Å². The highest BCUT2D eigenvalue weighted by molar-refractivity contribution is 8.68. The molecule has 19 heavy (non-hydrogen) atoms. The van der Waals surface area contributed by atoms with E-state index in [2.05, 4.69) is 16.4 Å². The van der Waals surface area contributed by atoms with Crippen LogP contribution in [-0.2, 0) is 23.9 Å². The van der Waals surface area contributed by atoms with Gasteiger partial charge in [0.2, 0.25) is 7.37 Å². The van der Waals surface area contributed by atoms with Gasteiger partial charge in [0.25, 0.3) is 0 Å². The molecular weight excluding hydrogens is 331 g/mol. The molecule has 1 N–H and O–H groups in total. The molecule has 0 aliphatic heterocycles. The molecule has 0 amide bonds. The second kappa shape index (κ2) is 9.28. The number of carbonyl (C=O) groups is 1. The Balaban J connectivity index is 4.15. The molecule has 6 nitrogen and oxygen atoms in total. The Morgan fingerprint density at radius 2 is 2.00 bits per heavy atom. The van der Waals surface area contributed by atoms with Gasteiger partial charge in [-0.25, -0.2) is 8.42 Å². The van der Waals surface area contributed by atoms with Crippen LogP contribution in [0.4, 0.5) is 0 Å². The number of esters is 1. The Morgan fingerprint density at radius 3 is 2.53 bits per heavy atom. The van der Waals surface area contributed by atoms with Crippen LogP contribution in [-0.4, -0.2) is 56.0 Å². The summed E-state index contributed by atoms with van der Waals surface area (Å²) < 4.78 is 39.2. The van der Waals surface area contributed by atoms with Crippen molar-refractivity contribution < 1.29 is 27.4 Å². The maximum atomic E-state index is 11.7. The summed E-state index contributed by atoms with van der Waals surface area (Å²) in [4.78, 5) is 20.4. The van der Waals surface area contributed by atoms with Gasteiger partial charge in [0.1, 0.15) is 0 Å². The van der Waals surface area contributed by atoms with Crippen molar-refractivity contribution in [2.75, 3.05) is 36.7 Å². The molecule has 0 saturated carbocycles. The summed E-state index contributed by atoms with van der Waals surface area (Å²) in [5.74, 6) is -0.706. The van der Waals surface area contributed by atoms with E-state index in [1.54, 1.807) is 0 Å². The topological polar surface area (TPSA) is 97.7 Å². The van der Waals surface area contributed by atoms with Crippen LogP contribution in [0, 0.1) is 0 Å². The van der Waals surface area contributed by atoms with E-state index in [9.17, 15) is 22.7 Å². The molecular formula is C9H19O6PS3. The fourth-order valence-corrected chi connectivity index (χ4v) is 5.90. The Labute approximate surface area is 122 Å². The molecule has 0 saturated heterocycles. The zero-order valence-corrected chi connectivity index (χ0v) is 14.1. The van der Waals surface area contributed by atoms with Gasteiger partial charge in [-0.1, -0.05) is 10.8 Å². The van der Waals surface area contributed by atoms with Crippen LogP contribution >= 0.6 is 29.8 Å². The van der Waals surface area contributed by atoms with E-state index in [1.807, 2.05) is 0 Å². The van der Waals surface area contributed by atoms with E-state index in [-0.39, 0.29) is 30.3 Å². The first-order chi connectivity index (χ1) is 8.72. The van der Waals surface area contributed by atoms with Crippen molar-refractivity contribution in [1.82, 2.24) is 0 Å². The number of ether oxygens (including phenoxy) is 1. The molecule has 1 atom stereocenters. The summed E-state index contributed by atoms with van der Waals surface area (Å²) in [5.41, 5.74) is 0. The summed E-state index contributed by atoms with van der Waals surface area (Å²) >= 11 is 3.91. The fraction of sp³-hybridized carbons (Fsp3) is 0.889. The van der Waals surface area contributed by atoms with E-state index in [0.717, 1.165) is 0 Å². The smallest absolute Gasteiger partial charge is 0.306 e. The number of rotatable bonds is 10. The maximum absolute atomic E-state index is 11.7. The molecule has 1 unspecified atom stereocenters. The van der Waals surface area contributed by atoms with Gasteiger partial charge in [-0.15, -0.1) is 11.7 Å². The summed E-state index contributed by atoms with van der Waals surface area (Å²) in [7, 11) is -4.47. The third-order valence-corrected chi connectivity index (χ3v) is 7.25. The van der Waals surface area contributed by atoms with E-state index >= 15 is 0 Å². The maximum Gasteiger partial charge on any atom is 0.306 e. The van der Waals surface area contributed by atoms with Crippen LogP contribution in [0.5, 0.6) is 0 Å². The van der Waals surface area contributed by atoms with E-state index in [1.165, 1.54) is 17.9 Å². The molecule has 10 heteroatoms. The van der Waals surface area contributed by atoms with E-state index in [0.29, 0.717) is 12.2 Å². The van der Waals surface area contributed by atoms with Crippen LogP contribution in [0.25, 0.3) is 0 Å². The first-order valence-electron chi connectivity index (χ1n) is 5.57. The van der Waals surface area contributed by atoms with Crippen LogP contribution in [0.2, 0.25) is 0 Å². The molecule has 0 aromatic carbocycles. The minimum absolute atomic E-state index is 0.0904. The molecule has 0 fully saturated rings. The zero-order chi connectivity index (χ0) is 14.9. The molecule has 0 rings (SSSR count). The number of hydrogen-bond donors (Lipinski definition) is 2. The van der Waals surface area contributed by atoms with Crippen molar-refractivity contribution in [2.45, 2.75) is 12.8 Å². The van der Waals surface area contributed by atoms with Gasteiger partial charge < -0.3 is 9.63 Å². The van der Waals surface area contributed by atoms with Gasteiger partial charge in [-0.05, 0) is 6.42 Å². The molecule has 0 aliphatic carbocycles. The third kappa shape index (κ3) is 10.7. The van der Waals surface area contributed by atoms with Crippen molar-refractivity contribution in [3.05, 3.63) is 0 Å². The molecule has 0 aliphatic rings. The fourth-order valence-electron chi connectivity index (χ4n) is 1.21. The Morgan fingerprint density at radius 1 is 1.37 bits per heavy atom. The number of sulfone groups is 1. The van der Waals surface area contributed by atoms with Crippen molar-refractivity contribution >= 4 is 45.6 Å². The summed E-state index contributed by atoms with van der Waals surface area (Å²) in [6, 6.07) is 0. The lowest BCUT2D eigenvalue weighted by Gasteiger charge is -2.11. The minimum atomic E-state index is -3.50. The average Bonchev–Trinajstić information content (AvgIpc) is 2.34. The van der Waals surface area contributed by atoms with Gasteiger partial charge in [-0.2, -0.15) is 0 Å². The predicted molar refractivity (Wildman–Crippen MR) is 80.9 cm³/mol. The SMILES string of the molecule is COC(=O)CCS(=O)(=O)CCP(=O)(O)CCCSS. The van der Waals surface area contributed by atoms with Gasteiger partial charge in [0.05, 0.1) is 25.0 Å². The normalized spacial score (nSPS) is 14.9. The summed E-state index contributed by atoms with van der Waals surface area (Å²) in [6.07, 6.45) is 0.107. The van der Waals surface area contributed by atoms with Crippen molar-refractivity contribution in [1.29, 1.82) is 0 Å². The highest BCUT2D eigenvalue weighted by Crippen LogP contribution is 2.41. The van der Waals surface area contributed by atoms with Crippen molar-refractivity contribution in [2.24, 2.45) is 0 Å². The van der Waals surface area contributed by atoms with Crippen LogP contribution in [0.1, 0.15) is 12.8 Å². The van der Waals surface area contributed by atoms with Crippen LogP contribution in [0.15, 0.2) is 0 Å². The van der Waals surface area contributed by atoms with E-state index < -0.39 is 23.2 Å². The molecule has 114 valence electrons. The Kier molecular flexibility index (Phi) is 9.43. The summed E-state index contributed by atoms with van der Waals surface area (Å²) in [6.45, 7) is 0. The molecule has 0 aromatic heterocycles. The first-order valence-corrected chi connectivity index (χ1v) is 11.5. The second-order valence-electron chi connectivity index (χ2n) is 3.96. The van der Waals surface area contributed by atoms with Gasteiger partial charge in [-0.3, -0.25) is 9.36 Å². The summed E-state index contributed by atoms with van der Waals surface area (Å²) in [5, 5.41) is 0. The number of thiol groups is 1. The molecule has 0 aromatic rings. The largest absolute Gasteiger partial charge is 0.469 e. The highest BCUT2D eigenvalue weighted by atomic mass is 33.1. The number of hydrogen-bond acceptors (Lipinski definition) is 7. The molecule has 0 radical (unpaired) electrons. The lowest BCUT2D eigenvalue weighted by Crippen LogP contribution is -2.18.